The molecule has 1 fully saturated rings. The summed E-state index contributed by atoms with van der Waals surface area (Å²) in [6.07, 6.45) is 4.39. The Bertz CT molecular complexity index is 700. The minimum absolute atomic E-state index is 0.447. The second kappa shape index (κ2) is 9.78. The fourth-order valence-corrected chi connectivity index (χ4v) is 4.35. The van der Waals surface area contributed by atoms with Crippen LogP contribution in [0.4, 0.5) is 5.00 Å². The molecule has 0 amide bonds. The number of nitrogens with zero attached hydrogens (tertiary/aromatic N) is 3. The molecule has 2 N–H and O–H groups in total. The second-order valence-corrected chi connectivity index (χ2v) is 7.94. The predicted molar refractivity (Wildman–Crippen MR) is 113 cm³/mol. The van der Waals surface area contributed by atoms with Crippen LogP contribution in [0, 0.1) is 0 Å². The molecule has 0 saturated carbocycles. The topological polar surface area (TPSA) is 65.7 Å². The van der Waals surface area contributed by atoms with Crippen molar-refractivity contribution in [1.29, 1.82) is 0 Å². The van der Waals surface area contributed by atoms with Crippen LogP contribution in [-0.4, -0.2) is 37.3 Å². The van der Waals surface area contributed by atoms with Crippen molar-refractivity contribution in [3.05, 3.63) is 35.0 Å². The molecule has 0 spiro atoms. The number of hydrogen-bond donors (Lipinski definition) is 2. The van der Waals surface area contributed by atoms with Crippen LogP contribution < -0.4 is 15.5 Å². The molecule has 7 heteroatoms. The van der Waals surface area contributed by atoms with Crippen molar-refractivity contribution in [2.24, 2.45) is 4.99 Å². The molecule has 0 radical (unpaired) electrons. The van der Waals surface area contributed by atoms with Gasteiger partial charge in [-0.3, -0.25) is 4.99 Å². The highest BCUT2D eigenvalue weighted by Gasteiger charge is 2.21. The standard InChI is InChI=1S/C20H31N5OS/c1-4-15(5-2)18-13-17(26-24-18)14-22-20(21-3)23-16-8-10-25(11-9-16)19-7-6-12-27-19/h6-7,12-13,15-16H,4-5,8-11,14H2,1-3H3,(H2,21,22,23). The largest absolute Gasteiger partial charge is 0.363 e. The monoisotopic (exact) mass is 389 g/mol. The van der Waals surface area contributed by atoms with Gasteiger partial charge in [0.1, 0.15) is 0 Å². The third kappa shape index (κ3) is 5.25. The van der Waals surface area contributed by atoms with Crippen molar-refractivity contribution in [2.45, 2.75) is 58.0 Å². The Balaban J connectivity index is 1.45. The summed E-state index contributed by atoms with van der Waals surface area (Å²) in [5, 5.41) is 14.6. The van der Waals surface area contributed by atoms with Crippen molar-refractivity contribution in [2.75, 3.05) is 25.0 Å². The molecule has 2 aromatic heterocycles. The summed E-state index contributed by atoms with van der Waals surface area (Å²) in [5.74, 6) is 2.16. The Morgan fingerprint density at radius 2 is 2.15 bits per heavy atom. The smallest absolute Gasteiger partial charge is 0.191 e. The van der Waals surface area contributed by atoms with Crippen LogP contribution in [0.2, 0.25) is 0 Å². The molecule has 1 aliphatic heterocycles. The van der Waals surface area contributed by atoms with E-state index in [4.69, 9.17) is 4.52 Å². The fourth-order valence-electron chi connectivity index (χ4n) is 3.56. The number of hydrogen-bond acceptors (Lipinski definition) is 5. The third-order valence-corrected chi connectivity index (χ3v) is 6.22. The molecule has 1 saturated heterocycles. The molecule has 0 aromatic carbocycles. The van der Waals surface area contributed by atoms with Gasteiger partial charge < -0.3 is 20.1 Å². The SMILES string of the molecule is CCC(CC)c1cc(CNC(=NC)NC2CCN(c3cccs3)CC2)on1. The van der Waals surface area contributed by atoms with E-state index in [-0.39, 0.29) is 0 Å². The van der Waals surface area contributed by atoms with Crippen LogP contribution in [0.25, 0.3) is 0 Å². The van der Waals surface area contributed by atoms with E-state index in [1.54, 1.807) is 0 Å². The summed E-state index contributed by atoms with van der Waals surface area (Å²) in [6.45, 7) is 7.14. The minimum Gasteiger partial charge on any atom is -0.363 e. The number of guanidine groups is 1. The van der Waals surface area contributed by atoms with Gasteiger partial charge in [-0.2, -0.15) is 0 Å². The Kier molecular flexibility index (Phi) is 7.15. The zero-order valence-corrected chi connectivity index (χ0v) is 17.4. The highest BCUT2D eigenvalue weighted by Crippen LogP contribution is 2.25. The van der Waals surface area contributed by atoms with Gasteiger partial charge in [0.25, 0.3) is 0 Å². The average Bonchev–Trinajstić information content (AvgIpc) is 3.39. The predicted octanol–water partition coefficient (Wildman–Crippen LogP) is 3.97. The summed E-state index contributed by atoms with van der Waals surface area (Å²) in [7, 11) is 1.81. The first-order valence-corrected chi connectivity index (χ1v) is 10.8. The van der Waals surface area contributed by atoms with Crippen molar-refractivity contribution in [3.8, 4) is 0 Å². The maximum Gasteiger partial charge on any atom is 0.191 e. The molecule has 1 aliphatic rings. The third-order valence-electron chi connectivity index (χ3n) is 5.29. The maximum absolute atomic E-state index is 5.49. The van der Waals surface area contributed by atoms with Gasteiger partial charge in [0, 0.05) is 38.2 Å². The van der Waals surface area contributed by atoms with E-state index >= 15 is 0 Å². The molecule has 3 rings (SSSR count). The molecule has 27 heavy (non-hydrogen) atoms. The Labute approximate surface area is 166 Å². The first kappa shape index (κ1) is 19.7. The molecule has 0 bridgehead atoms. The number of nitrogens with one attached hydrogen (secondary N) is 2. The minimum atomic E-state index is 0.447. The molecular weight excluding hydrogens is 358 g/mol. The lowest BCUT2D eigenvalue weighted by atomic mass is 9.99. The summed E-state index contributed by atoms with van der Waals surface area (Å²) < 4.78 is 5.49. The van der Waals surface area contributed by atoms with Crippen molar-refractivity contribution in [1.82, 2.24) is 15.8 Å². The molecule has 6 nitrogen and oxygen atoms in total. The number of thiophene rings is 1. The number of rotatable bonds is 7. The molecule has 3 heterocycles. The lowest BCUT2D eigenvalue weighted by molar-refractivity contribution is 0.367. The van der Waals surface area contributed by atoms with E-state index in [1.165, 1.54) is 5.00 Å². The van der Waals surface area contributed by atoms with Gasteiger partial charge in [0.15, 0.2) is 11.7 Å². The van der Waals surface area contributed by atoms with Crippen LogP contribution in [0.15, 0.2) is 33.1 Å². The van der Waals surface area contributed by atoms with Gasteiger partial charge in [-0.15, -0.1) is 11.3 Å². The van der Waals surface area contributed by atoms with Crippen LogP contribution in [0.5, 0.6) is 0 Å². The number of piperidine rings is 1. The van der Waals surface area contributed by atoms with Crippen LogP contribution in [0.1, 0.15) is 56.9 Å². The van der Waals surface area contributed by atoms with E-state index in [1.807, 2.05) is 18.4 Å². The van der Waals surface area contributed by atoms with Crippen molar-refractivity contribution < 1.29 is 4.52 Å². The molecule has 0 atom stereocenters. The number of aliphatic imine (C=N–C) groups is 1. The Morgan fingerprint density at radius 1 is 1.37 bits per heavy atom. The second-order valence-electron chi connectivity index (χ2n) is 7.01. The van der Waals surface area contributed by atoms with E-state index in [0.717, 1.165) is 56.2 Å². The van der Waals surface area contributed by atoms with Gasteiger partial charge >= 0.3 is 0 Å². The molecule has 148 valence electrons. The fraction of sp³-hybridized carbons (Fsp3) is 0.600. The quantitative estimate of drug-likeness (QED) is 0.554. The van der Waals surface area contributed by atoms with Gasteiger partial charge in [0.05, 0.1) is 17.2 Å². The summed E-state index contributed by atoms with van der Waals surface area (Å²) >= 11 is 1.81. The van der Waals surface area contributed by atoms with E-state index < -0.39 is 0 Å². The Hall–Kier alpha value is -2.02. The highest BCUT2D eigenvalue weighted by molar-refractivity contribution is 7.14. The van der Waals surface area contributed by atoms with E-state index in [2.05, 4.69) is 63.1 Å². The van der Waals surface area contributed by atoms with Crippen LogP contribution >= 0.6 is 11.3 Å². The first-order chi connectivity index (χ1) is 13.2. The van der Waals surface area contributed by atoms with Gasteiger partial charge in [-0.05, 0) is 43.2 Å². The van der Waals surface area contributed by atoms with Gasteiger partial charge in [-0.25, -0.2) is 0 Å². The lowest BCUT2D eigenvalue weighted by Gasteiger charge is -2.33. The average molecular weight is 390 g/mol. The first-order valence-electron chi connectivity index (χ1n) is 9.94. The Morgan fingerprint density at radius 3 is 2.78 bits per heavy atom. The summed E-state index contributed by atoms with van der Waals surface area (Å²) in [5.41, 5.74) is 1.06. The maximum atomic E-state index is 5.49. The van der Waals surface area contributed by atoms with E-state index in [0.29, 0.717) is 18.5 Å². The molecular formula is C20H31N5OS. The van der Waals surface area contributed by atoms with Crippen molar-refractivity contribution >= 4 is 22.3 Å². The van der Waals surface area contributed by atoms with Crippen LogP contribution in [0.3, 0.4) is 0 Å². The van der Waals surface area contributed by atoms with E-state index in [9.17, 15) is 0 Å². The van der Waals surface area contributed by atoms with Crippen molar-refractivity contribution in [3.63, 3.8) is 0 Å². The number of aromatic nitrogens is 1. The van der Waals surface area contributed by atoms with Gasteiger partial charge in [0.2, 0.25) is 0 Å². The summed E-state index contributed by atoms with van der Waals surface area (Å²) in [6, 6.07) is 6.83. The molecule has 0 unspecified atom stereocenters. The molecule has 2 aromatic rings. The summed E-state index contributed by atoms with van der Waals surface area (Å²) in [4.78, 5) is 6.83. The normalized spacial score (nSPS) is 16.1. The number of anilines is 1. The zero-order valence-electron chi connectivity index (χ0n) is 16.6. The van der Waals surface area contributed by atoms with Crippen LogP contribution in [-0.2, 0) is 6.54 Å². The zero-order chi connectivity index (χ0) is 19.1. The van der Waals surface area contributed by atoms with Gasteiger partial charge in [-0.1, -0.05) is 19.0 Å². The molecule has 0 aliphatic carbocycles. The highest BCUT2D eigenvalue weighted by atomic mass is 32.1. The lowest BCUT2D eigenvalue weighted by Crippen LogP contribution is -2.48.